The molecular weight excluding hydrogens is 146 g/mol. The lowest BCUT2D eigenvalue weighted by Crippen LogP contribution is -1.95. The van der Waals surface area contributed by atoms with Gasteiger partial charge in [0.15, 0.2) is 0 Å². The Kier molecular flexibility index (Phi) is 4.06. The molecule has 0 saturated heterocycles. The van der Waals surface area contributed by atoms with Gasteiger partial charge < -0.3 is 0 Å². The fourth-order valence-electron chi connectivity index (χ4n) is 1.78. The molecule has 0 aromatic rings. The summed E-state index contributed by atoms with van der Waals surface area (Å²) in [6.45, 7) is 6.76. The van der Waals surface area contributed by atoms with E-state index in [0.717, 1.165) is 18.0 Å². The van der Waals surface area contributed by atoms with Crippen molar-refractivity contribution in [2.45, 2.75) is 39.0 Å². The molecule has 0 unspecified atom stereocenters. The van der Waals surface area contributed by atoms with Crippen molar-refractivity contribution in [3.05, 3.63) is 12.2 Å². The molecule has 12 heavy (non-hydrogen) atoms. The third kappa shape index (κ3) is 3.70. The molecule has 1 saturated carbocycles. The first-order chi connectivity index (χ1) is 5.79. The molecule has 0 radical (unpaired) electrons. The van der Waals surface area contributed by atoms with Crippen molar-refractivity contribution in [3.63, 3.8) is 0 Å². The summed E-state index contributed by atoms with van der Waals surface area (Å²) in [5.41, 5.74) is 1.06. The van der Waals surface area contributed by atoms with Crippen LogP contribution in [-0.4, -0.2) is 12.8 Å². The molecule has 0 bridgehead atoms. The second-order valence-electron chi connectivity index (χ2n) is 3.82. The zero-order valence-corrected chi connectivity index (χ0v) is 8.05. The number of hydrogen-bond donors (Lipinski definition) is 0. The Morgan fingerprint density at radius 2 is 2.17 bits per heavy atom. The number of hydrogen-bond acceptors (Lipinski definition) is 1. The van der Waals surface area contributed by atoms with Gasteiger partial charge in [0.05, 0.1) is 0 Å². The first kappa shape index (κ1) is 9.50. The fraction of sp³-hybridized carbons (Fsp3) is 0.727. The van der Waals surface area contributed by atoms with E-state index in [4.69, 9.17) is 0 Å². The number of rotatable bonds is 4. The lowest BCUT2D eigenvalue weighted by molar-refractivity contribution is 0.512. The molecule has 0 N–H and O–H groups in total. The normalized spacial score (nSPS) is 19.1. The third-order valence-electron chi connectivity index (χ3n) is 2.45. The minimum absolute atomic E-state index is 0.965. The summed E-state index contributed by atoms with van der Waals surface area (Å²) in [4.78, 5) is 4.31. The maximum absolute atomic E-state index is 4.31. The highest BCUT2D eigenvalue weighted by Crippen LogP contribution is 2.27. The summed E-state index contributed by atoms with van der Waals surface area (Å²) in [5.74, 6) is 0.965. The van der Waals surface area contributed by atoms with Crippen molar-refractivity contribution in [1.82, 2.24) is 0 Å². The van der Waals surface area contributed by atoms with Gasteiger partial charge in [-0.1, -0.05) is 32.3 Å². The summed E-state index contributed by atoms with van der Waals surface area (Å²) >= 11 is 0. The Labute approximate surface area is 75.6 Å². The van der Waals surface area contributed by atoms with E-state index in [9.17, 15) is 0 Å². The van der Waals surface area contributed by atoms with Gasteiger partial charge >= 0.3 is 0 Å². The first-order valence-corrected chi connectivity index (χ1v) is 4.94. The van der Waals surface area contributed by atoms with Gasteiger partial charge in [0, 0.05) is 12.8 Å². The summed E-state index contributed by atoms with van der Waals surface area (Å²) in [5, 5.41) is 0. The highest BCUT2D eigenvalue weighted by Gasteiger charge is 2.13. The Morgan fingerprint density at radius 3 is 2.75 bits per heavy atom. The predicted octanol–water partition coefficient (Wildman–Crippen LogP) is 3.21. The molecule has 1 heteroatoms. The molecular formula is C11H19N. The lowest BCUT2D eigenvalue weighted by Gasteiger charge is -2.04. The van der Waals surface area contributed by atoms with E-state index in [0.29, 0.717) is 0 Å². The highest BCUT2D eigenvalue weighted by atomic mass is 14.7. The molecule has 0 spiro atoms. The van der Waals surface area contributed by atoms with Crippen molar-refractivity contribution in [3.8, 4) is 0 Å². The maximum Gasteiger partial charge on any atom is 0.0392 e. The summed E-state index contributed by atoms with van der Waals surface area (Å²) in [6, 6.07) is 0. The van der Waals surface area contributed by atoms with Crippen LogP contribution in [0, 0.1) is 5.92 Å². The smallest absolute Gasteiger partial charge is 0.0392 e. The van der Waals surface area contributed by atoms with Gasteiger partial charge in [-0.3, -0.25) is 4.99 Å². The third-order valence-corrected chi connectivity index (χ3v) is 2.45. The van der Waals surface area contributed by atoms with Crippen LogP contribution in [0.25, 0.3) is 0 Å². The van der Waals surface area contributed by atoms with Gasteiger partial charge in [0.25, 0.3) is 0 Å². The second kappa shape index (κ2) is 5.13. The molecule has 1 aliphatic rings. The van der Waals surface area contributed by atoms with Gasteiger partial charge in [-0.15, -0.1) is 0 Å². The van der Waals surface area contributed by atoms with Crippen LogP contribution in [0.2, 0.25) is 0 Å². The van der Waals surface area contributed by atoms with E-state index in [-0.39, 0.29) is 0 Å². The summed E-state index contributed by atoms with van der Waals surface area (Å²) in [7, 11) is 0. The van der Waals surface area contributed by atoms with Crippen LogP contribution in [0.15, 0.2) is 17.1 Å². The molecule has 0 aliphatic heterocycles. The van der Waals surface area contributed by atoms with E-state index in [2.05, 4.69) is 11.6 Å². The molecule has 0 aromatic carbocycles. The number of nitrogens with zero attached hydrogens (tertiary/aromatic N) is 1. The maximum atomic E-state index is 4.31. The van der Waals surface area contributed by atoms with Crippen LogP contribution < -0.4 is 0 Å². The zero-order valence-electron chi connectivity index (χ0n) is 8.05. The quantitative estimate of drug-likeness (QED) is 0.567. The van der Waals surface area contributed by atoms with E-state index >= 15 is 0 Å². The summed E-state index contributed by atoms with van der Waals surface area (Å²) in [6.07, 6.45) is 8.91. The summed E-state index contributed by atoms with van der Waals surface area (Å²) < 4.78 is 0. The Hall–Kier alpha value is -0.590. The Bertz CT molecular complexity index is 164. The SMILES string of the molecule is C=C(C)/C=N/CCC1CCCC1. The molecule has 1 rings (SSSR count). The average molecular weight is 165 g/mol. The predicted molar refractivity (Wildman–Crippen MR) is 54.7 cm³/mol. The van der Waals surface area contributed by atoms with Crippen LogP contribution in [0.3, 0.4) is 0 Å². The zero-order chi connectivity index (χ0) is 8.81. The molecule has 1 nitrogen and oxygen atoms in total. The first-order valence-electron chi connectivity index (χ1n) is 4.94. The monoisotopic (exact) mass is 165 g/mol. The van der Waals surface area contributed by atoms with Crippen molar-refractivity contribution >= 4 is 6.21 Å². The minimum Gasteiger partial charge on any atom is -0.293 e. The van der Waals surface area contributed by atoms with E-state index in [1.807, 2.05) is 13.1 Å². The van der Waals surface area contributed by atoms with E-state index < -0.39 is 0 Å². The van der Waals surface area contributed by atoms with E-state index in [1.54, 1.807) is 0 Å². The van der Waals surface area contributed by atoms with Gasteiger partial charge in [-0.25, -0.2) is 0 Å². The molecule has 1 aliphatic carbocycles. The molecule has 0 atom stereocenters. The molecule has 0 amide bonds. The van der Waals surface area contributed by atoms with Gasteiger partial charge in [-0.2, -0.15) is 0 Å². The number of allylic oxidation sites excluding steroid dienone is 1. The van der Waals surface area contributed by atoms with Crippen molar-refractivity contribution in [1.29, 1.82) is 0 Å². The minimum atomic E-state index is 0.965. The molecule has 0 heterocycles. The van der Waals surface area contributed by atoms with Crippen LogP contribution >= 0.6 is 0 Å². The molecule has 68 valence electrons. The fourth-order valence-corrected chi connectivity index (χ4v) is 1.78. The van der Waals surface area contributed by atoms with E-state index in [1.165, 1.54) is 32.1 Å². The van der Waals surface area contributed by atoms with Gasteiger partial charge in [-0.05, 0) is 24.8 Å². The van der Waals surface area contributed by atoms with Crippen LogP contribution in [0.5, 0.6) is 0 Å². The van der Waals surface area contributed by atoms with Crippen LogP contribution in [0.1, 0.15) is 39.0 Å². The van der Waals surface area contributed by atoms with Crippen LogP contribution in [0.4, 0.5) is 0 Å². The van der Waals surface area contributed by atoms with Crippen molar-refractivity contribution < 1.29 is 0 Å². The largest absolute Gasteiger partial charge is 0.293 e. The van der Waals surface area contributed by atoms with Gasteiger partial charge in [0.1, 0.15) is 0 Å². The Morgan fingerprint density at radius 1 is 1.50 bits per heavy atom. The van der Waals surface area contributed by atoms with Gasteiger partial charge in [0.2, 0.25) is 0 Å². The lowest BCUT2D eigenvalue weighted by atomic mass is 10.0. The van der Waals surface area contributed by atoms with Crippen LogP contribution in [-0.2, 0) is 0 Å². The highest BCUT2D eigenvalue weighted by molar-refractivity contribution is 5.76. The van der Waals surface area contributed by atoms with Crippen molar-refractivity contribution in [2.24, 2.45) is 10.9 Å². The second-order valence-corrected chi connectivity index (χ2v) is 3.82. The average Bonchev–Trinajstić information content (AvgIpc) is 2.49. The standard InChI is InChI=1S/C11H19N/c1-10(2)9-12-8-7-11-5-3-4-6-11/h9,11H,1,3-8H2,2H3/b12-9+. The number of aliphatic imine (C=N–C) groups is 1. The molecule has 1 fully saturated rings. The molecule has 0 aromatic heterocycles. The topological polar surface area (TPSA) is 12.4 Å². The van der Waals surface area contributed by atoms with Crippen molar-refractivity contribution in [2.75, 3.05) is 6.54 Å². The Balaban J connectivity index is 2.05.